The smallest absolute Gasteiger partial charge is 0.332 e. The Bertz CT molecular complexity index is 683. The van der Waals surface area contributed by atoms with Crippen molar-refractivity contribution in [3.8, 4) is 0 Å². The highest BCUT2D eigenvalue weighted by Gasteiger charge is 2.12. The summed E-state index contributed by atoms with van der Waals surface area (Å²) in [5, 5.41) is 9.12. The predicted molar refractivity (Wildman–Crippen MR) is 68.4 cm³/mol. The van der Waals surface area contributed by atoms with Gasteiger partial charge in [0.1, 0.15) is 5.65 Å². The zero-order valence-electron chi connectivity index (χ0n) is 10.0. The number of aliphatic carboxylic acids is 1. The van der Waals surface area contributed by atoms with Crippen LogP contribution < -0.4 is 5.56 Å². The van der Waals surface area contributed by atoms with Crippen molar-refractivity contribution in [3.63, 3.8) is 0 Å². The lowest BCUT2D eigenvalue weighted by atomic mass is 10.3. The number of carboxylic acid groups (broad SMARTS) is 1. The van der Waals surface area contributed by atoms with Crippen molar-refractivity contribution >= 4 is 23.2 Å². The van der Waals surface area contributed by atoms with E-state index in [1.807, 2.05) is 0 Å². The second-order valence-electron chi connectivity index (χ2n) is 3.95. The summed E-state index contributed by atoms with van der Waals surface area (Å²) in [6, 6.07) is 4.51. The number of hydrogen-bond acceptors (Lipinski definition) is 4. The molecule has 0 radical (unpaired) electrons. The topological polar surface area (TPSA) is 80.9 Å². The fourth-order valence-corrected chi connectivity index (χ4v) is 1.64. The molecule has 0 fully saturated rings. The third-order valence-corrected chi connectivity index (χ3v) is 2.73. The first-order valence-electron chi connectivity index (χ1n) is 5.49. The van der Waals surface area contributed by atoms with Crippen molar-refractivity contribution in [3.05, 3.63) is 45.5 Å². The van der Waals surface area contributed by atoms with Gasteiger partial charge in [-0.05, 0) is 19.1 Å². The maximum atomic E-state index is 11.8. The van der Waals surface area contributed by atoms with Crippen molar-refractivity contribution in [1.82, 2.24) is 9.38 Å². The molecular weight excluding hydrogens is 272 g/mol. The summed E-state index contributed by atoms with van der Waals surface area (Å²) in [5.41, 5.74) is 0.507. The van der Waals surface area contributed by atoms with Gasteiger partial charge in [0.25, 0.3) is 5.56 Å². The zero-order chi connectivity index (χ0) is 14.0. The summed E-state index contributed by atoms with van der Waals surface area (Å²) >= 11 is 5.79. The molecule has 6 nitrogen and oxygen atoms in total. The van der Waals surface area contributed by atoms with E-state index in [4.69, 9.17) is 21.4 Å². The Morgan fingerprint density at radius 1 is 1.58 bits per heavy atom. The van der Waals surface area contributed by atoms with Crippen molar-refractivity contribution in [2.45, 2.75) is 19.6 Å². The molecule has 1 atom stereocenters. The van der Waals surface area contributed by atoms with Gasteiger partial charge in [-0.2, -0.15) is 0 Å². The molecule has 0 aliphatic heterocycles. The minimum absolute atomic E-state index is 0.0398. The van der Waals surface area contributed by atoms with Crippen LogP contribution in [-0.4, -0.2) is 26.6 Å². The molecule has 2 heterocycles. The number of aromatic nitrogens is 2. The maximum absolute atomic E-state index is 11.8. The van der Waals surface area contributed by atoms with Crippen LogP contribution in [0.5, 0.6) is 0 Å². The number of rotatable bonds is 4. The summed E-state index contributed by atoms with van der Waals surface area (Å²) in [5.74, 6) is -1.07. The Kier molecular flexibility index (Phi) is 3.82. The SMILES string of the molecule is C[C@H](OCc1cc(=O)n2cc(Cl)ccc2n1)C(=O)O. The van der Waals surface area contributed by atoms with Gasteiger partial charge in [0.2, 0.25) is 0 Å². The van der Waals surface area contributed by atoms with Crippen molar-refractivity contribution in [2.24, 2.45) is 0 Å². The molecule has 100 valence electrons. The Morgan fingerprint density at radius 3 is 3.00 bits per heavy atom. The lowest BCUT2D eigenvalue weighted by Crippen LogP contribution is -2.21. The molecule has 0 amide bonds. The van der Waals surface area contributed by atoms with Gasteiger partial charge in [-0.15, -0.1) is 0 Å². The Labute approximate surface area is 113 Å². The number of hydrogen-bond donors (Lipinski definition) is 1. The van der Waals surface area contributed by atoms with Gasteiger partial charge >= 0.3 is 5.97 Å². The quantitative estimate of drug-likeness (QED) is 0.915. The number of halogens is 1. The molecule has 1 N–H and O–H groups in total. The highest BCUT2D eigenvalue weighted by atomic mass is 35.5. The molecule has 0 aromatic carbocycles. The first kappa shape index (κ1) is 13.5. The molecule has 0 saturated carbocycles. The van der Waals surface area contributed by atoms with E-state index in [0.717, 1.165) is 0 Å². The monoisotopic (exact) mass is 282 g/mol. The van der Waals surface area contributed by atoms with Crippen LogP contribution in [0.4, 0.5) is 0 Å². The molecule has 0 aliphatic rings. The number of fused-ring (bicyclic) bond motifs is 1. The number of carboxylic acids is 1. The second-order valence-corrected chi connectivity index (χ2v) is 4.39. The van der Waals surface area contributed by atoms with Crippen molar-refractivity contribution in [1.29, 1.82) is 0 Å². The van der Waals surface area contributed by atoms with Crippen LogP contribution in [0.25, 0.3) is 5.65 Å². The third-order valence-electron chi connectivity index (χ3n) is 2.51. The van der Waals surface area contributed by atoms with Gasteiger partial charge in [-0.25, -0.2) is 9.78 Å². The molecule has 0 unspecified atom stereocenters. The van der Waals surface area contributed by atoms with Crippen LogP contribution in [-0.2, 0) is 16.1 Å². The Balaban J connectivity index is 2.29. The summed E-state index contributed by atoms with van der Waals surface area (Å²) in [4.78, 5) is 26.6. The molecule has 2 aromatic heterocycles. The molecule has 19 heavy (non-hydrogen) atoms. The van der Waals surface area contributed by atoms with Crippen LogP contribution in [0.3, 0.4) is 0 Å². The lowest BCUT2D eigenvalue weighted by Gasteiger charge is -2.08. The molecule has 0 aliphatic carbocycles. The van der Waals surface area contributed by atoms with E-state index in [2.05, 4.69) is 4.98 Å². The molecule has 0 saturated heterocycles. The first-order chi connectivity index (χ1) is 8.97. The highest BCUT2D eigenvalue weighted by Crippen LogP contribution is 2.09. The number of nitrogens with zero attached hydrogens (tertiary/aromatic N) is 2. The van der Waals surface area contributed by atoms with Gasteiger partial charge in [-0.1, -0.05) is 11.6 Å². The van der Waals surface area contributed by atoms with E-state index in [1.54, 1.807) is 12.1 Å². The first-order valence-corrected chi connectivity index (χ1v) is 5.87. The molecule has 7 heteroatoms. The lowest BCUT2D eigenvalue weighted by molar-refractivity contribution is -0.149. The van der Waals surface area contributed by atoms with Gasteiger partial charge in [0.05, 0.1) is 17.3 Å². The van der Waals surface area contributed by atoms with Gasteiger partial charge < -0.3 is 9.84 Å². The van der Waals surface area contributed by atoms with Crippen molar-refractivity contribution < 1.29 is 14.6 Å². The van der Waals surface area contributed by atoms with Gasteiger partial charge in [-0.3, -0.25) is 9.20 Å². The summed E-state index contributed by atoms with van der Waals surface area (Å²) in [6.45, 7) is 1.37. The Morgan fingerprint density at radius 2 is 2.32 bits per heavy atom. The molecular formula is C12H11ClN2O4. The van der Waals surface area contributed by atoms with E-state index in [9.17, 15) is 9.59 Å². The zero-order valence-corrected chi connectivity index (χ0v) is 10.8. The summed E-state index contributed by atoms with van der Waals surface area (Å²) in [6.07, 6.45) is 0.516. The van der Waals surface area contributed by atoms with Crippen LogP contribution >= 0.6 is 11.6 Å². The van der Waals surface area contributed by atoms with Gasteiger partial charge in [0, 0.05) is 12.3 Å². The van der Waals surface area contributed by atoms with E-state index in [0.29, 0.717) is 16.4 Å². The molecule has 2 rings (SSSR count). The minimum atomic E-state index is -1.07. The van der Waals surface area contributed by atoms with E-state index >= 15 is 0 Å². The van der Waals surface area contributed by atoms with Crippen LogP contribution in [0.2, 0.25) is 5.02 Å². The number of ether oxygens (including phenoxy) is 1. The fourth-order valence-electron chi connectivity index (χ4n) is 1.48. The van der Waals surface area contributed by atoms with E-state index in [1.165, 1.54) is 23.6 Å². The summed E-state index contributed by atoms with van der Waals surface area (Å²) < 4.78 is 6.39. The van der Waals surface area contributed by atoms with E-state index < -0.39 is 12.1 Å². The highest BCUT2D eigenvalue weighted by molar-refractivity contribution is 6.30. The normalized spacial score (nSPS) is 12.5. The molecule has 0 spiro atoms. The Hall–Kier alpha value is -1.92. The predicted octanol–water partition coefficient (Wildman–Crippen LogP) is 1.34. The van der Waals surface area contributed by atoms with Crippen LogP contribution in [0.15, 0.2) is 29.2 Å². The number of carbonyl (C=O) groups is 1. The average molecular weight is 283 g/mol. The average Bonchev–Trinajstić information content (AvgIpc) is 2.36. The largest absolute Gasteiger partial charge is 0.479 e. The third kappa shape index (κ3) is 3.10. The fraction of sp³-hybridized carbons (Fsp3) is 0.250. The van der Waals surface area contributed by atoms with Crippen LogP contribution in [0, 0.1) is 0 Å². The second kappa shape index (κ2) is 5.38. The van der Waals surface area contributed by atoms with E-state index in [-0.39, 0.29) is 12.2 Å². The standard InChI is InChI=1S/C12H11ClN2O4/c1-7(12(17)18)19-6-9-4-11(16)15-5-8(13)2-3-10(15)14-9/h2-5,7H,6H2,1H3,(H,17,18)/t7-/m0/s1. The molecule has 2 aromatic rings. The number of pyridine rings is 1. The van der Waals surface area contributed by atoms with Crippen LogP contribution in [0.1, 0.15) is 12.6 Å². The maximum Gasteiger partial charge on any atom is 0.332 e. The summed E-state index contributed by atoms with van der Waals surface area (Å²) in [7, 11) is 0. The molecule has 0 bridgehead atoms. The van der Waals surface area contributed by atoms with Crippen molar-refractivity contribution in [2.75, 3.05) is 0 Å². The minimum Gasteiger partial charge on any atom is -0.479 e. The van der Waals surface area contributed by atoms with Gasteiger partial charge in [0.15, 0.2) is 6.10 Å².